The van der Waals surface area contributed by atoms with Gasteiger partial charge in [-0.3, -0.25) is 4.79 Å². The van der Waals surface area contributed by atoms with Crippen LogP contribution < -0.4 is 5.32 Å². The van der Waals surface area contributed by atoms with Gasteiger partial charge in [0.2, 0.25) is 0 Å². The molecule has 2 unspecified atom stereocenters. The number of carboxylic acids is 1. The standard InChI is InChI=1S/C11H11Cl2NO2/c12-7-3-6(4-8(13)5-7)9-1-2-14-10(9)11(15)16/h3-5,9-10,14H,1-2H2,(H,15,16). The molecule has 0 bridgehead atoms. The monoisotopic (exact) mass is 259 g/mol. The van der Waals surface area contributed by atoms with Crippen molar-refractivity contribution in [2.45, 2.75) is 18.4 Å². The fraction of sp³-hybridized carbons (Fsp3) is 0.364. The Labute approximate surface area is 103 Å². The molecule has 1 aliphatic heterocycles. The van der Waals surface area contributed by atoms with Gasteiger partial charge >= 0.3 is 5.97 Å². The molecule has 1 heterocycles. The Morgan fingerprint density at radius 3 is 2.50 bits per heavy atom. The minimum Gasteiger partial charge on any atom is -0.480 e. The van der Waals surface area contributed by atoms with Crippen LogP contribution in [0, 0.1) is 0 Å². The summed E-state index contributed by atoms with van der Waals surface area (Å²) in [5.74, 6) is -0.896. The van der Waals surface area contributed by atoms with Crippen LogP contribution in [0.5, 0.6) is 0 Å². The molecule has 3 nitrogen and oxygen atoms in total. The molecule has 86 valence electrons. The van der Waals surface area contributed by atoms with Gasteiger partial charge in [0.1, 0.15) is 6.04 Å². The van der Waals surface area contributed by atoms with Crippen LogP contribution in [0.2, 0.25) is 10.0 Å². The van der Waals surface area contributed by atoms with Gasteiger partial charge in [0.25, 0.3) is 0 Å². The zero-order valence-electron chi connectivity index (χ0n) is 8.41. The van der Waals surface area contributed by atoms with E-state index in [0.717, 1.165) is 12.0 Å². The SMILES string of the molecule is O=C(O)C1NCCC1c1cc(Cl)cc(Cl)c1. The molecule has 2 rings (SSSR count). The third-order valence-electron chi connectivity index (χ3n) is 2.80. The maximum atomic E-state index is 11.0. The Kier molecular flexibility index (Phi) is 3.38. The van der Waals surface area contributed by atoms with Gasteiger partial charge < -0.3 is 10.4 Å². The largest absolute Gasteiger partial charge is 0.480 e. The molecule has 1 fully saturated rings. The minimum atomic E-state index is -0.835. The second kappa shape index (κ2) is 4.62. The van der Waals surface area contributed by atoms with Crippen molar-refractivity contribution >= 4 is 29.2 Å². The van der Waals surface area contributed by atoms with Gasteiger partial charge in [-0.1, -0.05) is 23.2 Å². The number of benzene rings is 1. The molecule has 0 spiro atoms. The molecule has 0 aliphatic carbocycles. The number of nitrogens with one attached hydrogen (secondary N) is 1. The molecule has 2 atom stereocenters. The Balaban J connectivity index is 2.32. The summed E-state index contributed by atoms with van der Waals surface area (Å²) in [5.41, 5.74) is 0.884. The molecule has 16 heavy (non-hydrogen) atoms. The average Bonchev–Trinajstić information content (AvgIpc) is 2.63. The summed E-state index contributed by atoms with van der Waals surface area (Å²) in [7, 11) is 0. The van der Waals surface area contributed by atoms with Crippen molar-refractivity contribution < 1.29 is 9.90 Å². The van der Waals surface area contributed by atoms with Crippen molar-refractivity contribution in [2.75, 3.05) is 6.54 Å². The molecule has 1 aromatic carbocycles. The van der Waals surface area contributed by atoms with Crippen LogP contribution in [0.4, 0.5) is 0 Å². The van der Waals surface area contributed by atoms with Crippen LogP contribution in [0.25, 0.3) is 0 Å². The Bertz CT molecular complexity index is 402. The summed E-state index contributed by atoms with van der Waals surface area (Å²) < 4.78 is 0. The summed E-state index contributed by atoms with van der Waals surface area (Å²) >= 11 is 11.8. The maximum Gasteiger partial charge on any atom is 0.321 e. The zero-order valence-corrected chi connectivity index (χ0v) is 9.92. The molecule has 1 aliphatic rings. The lowest BCUT2D eigenvalue weighted by Gasteiger charge is -2.16. The van der Waals surface area contributed by atoms with E-state index in [4.69, 9.17) is 28.3 Å². The van der Waals surface area contributed by atoms with Crippen molar-refractivity contribution in [3.63, 3.8) is 0 Å². The van der Waals surface area contributed by atoms with Crippen LogP contribution in [-0.2, 0) is 4.79 Å². The molecular weight excluding hydrogens is 249 g/mol. The quantitative estimate of drug-likeness (QED) is 0.859. The average molecular weight is 260 g/mol. The van der Waals surface area contributed by atoms with Gasteiger partial charge in [-0.05, 0) is 36.7 Å². The summed E-state index contributed by atoms with van der Waals surface area (Å²) in [6.45, 7) is 0.700. The number of carbonyl (C=O) groups is 1. The normalized spacial score (nSPS) is 24.6. The molecular formula is C11H11Cl2NO2. The number of hydrogen-bond donors (Lipinski definition) is 2. The van der Waals surface area contributed by atoms with E-state index in [1.807, 2.05) is 0 Å². The Morgan fingerprint density at radius 1 is 1.31 bits per heavy atom. The third kappa shape index (κ3) is 2.32. The topological polar surface area (TPSA) is 49.3 Å². The van der Waals surface area contributed by atoms with Gasteiger partial charge in [-0.15, -0.1) is 0 Å². The molecule has 0 amide bonds. The lowest BCUT2D eigenvalue weighted by atomic mass is 9.92. The number of rotatable bonds is 2. The number of aliphatic carboxylic acids is 1. The summed E-state index contributed by atoms with van der Waals surface area (Å²) in [6, 6.07) is 4.65. The van der Waals surface area contributed by atoms with E-state index < -0.39 is 12.0 Å². The van der Waals surface area contributed by atoms with E-state index in [1.54, 1.807) is 18.2 Å². The van der Waals surface area contributed by atoms with E-state index in [9.17, 15) is 4.79 Å². The second-order valence-electron chi connectivity index (χ2n) is 3.87. The van der Waals surface area contributed by atoms with Gasteiger partial charge in [0, 0.05) is 16.0 Å². The first-order valence-corrected chi connectivity index (χ1v) is 5.75. The fourth-order valence-corrected chi connectivity index (χ4v) is 2.65. The van der Waals surface area contributed by atoms with Crippen LogP contribution in [0.15, 0.2) is 18.2 Å². The van der Waals surface area contributed by atoms with E-state index in [0.29, 0.717) is 16.6 Å². The summed E-state index contributed by atoms with van der Waals surface area (Å²) in [4.78, 5) is 11.0. The molecule has 0 saturated carbocycles. The fourth-order valence-electron chi connectivity index (χ4n) is 2.11. The zero-order chi connectivity index (χ0) is 11.7. The minimum absolute atomic E-state index is 0.0614. The third-order valence-corrected chi connectivity index (χ3v) is 3.24. The highest BCUT2D eigenvalue weighted by Gasteiger charge is 2.33. The maximum absolute atomic E-state index is 11.0. The van der Waals surface area contributed by atoms with Gasteiger partial charge in [0.05, 0.1) is 0 Å². The molecule has 2 N–H and O–H groups in total. The summed E-state index contributed by atoms with van der Waals surface area (Å²) in [6.07, 6.45) is 0.785. The van der Waals surface area contributed by atoms with Crippen molar-refractivity contribution in [3.05, 3.63) is 33.8 Å². The van der Waals surface area contributed by atoms with Crippen LogP contribution >= 0.6 is 23.2 Å². The Morgan fingerprint density at radius 2 is 1.94 bits per heavy atom. The molecule has 0 aromatic heterocycles. The van der Waals surface area contributed by atoms with Gasteiger partial charge in [-0.25, -0.2) is 0 Å². The second-order valence-corrected chi connectivity index (χ2v) is 4.74. The first kappa shape index (κ1) is 11.7. The molecule has 5 heteroatoms. The predicted octanol–water partition coefficient (Wildman–Crippen LogP) is 2.52. The van der Waals surface area contributed by atoms with Crippen LogP contribution in [0.1, 0.15) is 17.9 Å². The first-order valence-electron chi connectivity index (χ1n) is 5.00. The smallest absolute Gasteiger partial charge is 0.321 e. The highest BCUT2D eigenvalue weighted by atomic mass is 35.5. The van der Waals surface area contributed by atoms with Crippen LogP contribution in [-0.4, -0.2) is 23.7 Å². The lowest BCUT2D eigenvalue weighted by molar-refractivity contribution is -0.139. The van der Waals surface area contributed by atoms with Crippen LogP contribution in [0.3, 0.4) is 0 Å². The van der Waals surface area contributed by atoms with Crippen molar-refractivity contribution in [2.24, 2.45) is 0 Å². The lowest BCUT2D eigenvalue weighted by Crippen LogP contribution is -2.34. The number of carboxylic acid groups (broad SMARTS) is 1. The van der Waals surface area contributed by atoms with Crippen molar-refractivity contribution in [1.82, 2.24) is 5.32 Å². The van der Waals surface area contributed by atoms with E-state index in [-0.39, 0.29) is 5.92 Å². The highest BCUT2D eigenvalue weighted by molar-refractivity contribution is 6.34. The molecule has 1 aromatic rings. The first-order chi connectivity index (χ1) is 7.58. The van der Waals surface area contributed by atoms with Gasteiger partial charge in [0.15, 0.2) is 0 Å². The predicted molar refractivity (Wildman–Crippen MR) is 63.2 cm³/mol. The van der Waals surface area contributed by atoms with E-state index in [1.165, 1.54) is 0 Å². The number of halogens is 2. The molecule has 1 saturated heterocycles. The van der Waals surface area contributed by atoms with E-state index >= 15 is 0 Å². The molecule has 0 radical (unpaired) electrons. The number of hydrogen-bond acceptors (Lipinski definition) is 2. The summed E-state index contributed by atoms with van der Waals surface area (Å²) in [5, 5.41) is 13.1. The van der Waals surface area contributed by atoms with Crippen molar-refractivity contribution in [1.29, 1.82) is 0 Å². The van der Waals surface area contributed by atoms with Gasteiger partial charge in [-0.2, -0.15) is 0 Å². The van der Waals surface area contributed by atoms with Crippen molar-refractivity contribution in [3.8, 4) is 0 Å². The van der Waals surface area contributed by atoms with E-state index in [2.05, 4.69) is 5.32 Å². The Hall–Kier alpha value is -0.770. The highest BCUT2D eigenvalue weighted by Crippen LogP contribution is 2.31.